The first kappa shape index (κ1) is 16.0. The van der Waals surface area contributed by atoms with Gasteiger partial charge >= 0.3 is 0 Å². The molecule has 0 spiro atoms. The first-order valence-corrected chi connectivity index (χ1v) is 8.04. The van der Waals surface area contributed by atoms with E-state index in [2.05, 4.69) is 15.3 Å². The van der Waals surface area contributed by atoms with Gasteiger partial charge in [0.05, 0.1) is 0 Å². The molecule has 1 fully saturated rings. The summed E-state index contributed by atoms with van der Waals surface area (Å²) < 4.78 is 0. The first-order valence-electron chi connectivity index (χ1n) is 7.66. The molecule has 116 valence electrons. The van der Waals surface area contributed by atoms with Crippen molar-refractivity contribution in [2.75, 3.05) is 25.0 Å². The lowest BCUT2D eigenvalue weighted by atomic mass is 10.1. The number of rotatable bonds is 5. The van der Waals surface area contributed by atoms with Gasteiger partial charge in [-0.3, -0.25) is 4.79 Å². The monoisotopic (exact) mass is 310 g/mol. The lowest BCUT2D eigenvalue weighted by Crippen LogP contribution is -2.36. The van der Waals surface area contributed by atoms with Crippen molar-refractivity contribution in [2.45, 2.75) is 46.0 Å². The van der Waals surface area contributed by atoms with Crippen LogP contribution in [0.1, 0.15) is 44.0 Å². The Bertz CT molecular complexity index is 501. The molecular formula is C15H23ClN4O. The molecule has 1 aromatic rings. The molecule has 0 unspecified atom stereocenters. The lowest BCUT2D eigenvalue weighted by molar-refractivity contribution is -0.131. The van der Waals surface area contributed by atoms with E-state index in [0.29, 0.717) is 18.1 Å². The predicted octanol–water partition coefficient (Wildman–Crippen LogP) is 2.82. The smallest absolute Gasteiger partial charge is 0.224 e. The van der Waals surface area contributed by atoms with Gasteiger partial charge in [0.15, 0.2) is 0 Å². The number of piperidine rings is 1. The van der Waals surface area contributed by atoms with E-state index in [1.54, 1.807) is 0 Å². The van der Waals surface area contributed by atoms with Crippen molar-refractivity contribution in [3.8, 4) is 0 Å². The van der Waals surface area contributed by atoms with Crippen LogP contribution in [0.5, 0.6) is 0 Å². The van der Waals surface area contributed by atoms with Crippen LogP contribution in [0.25, 0.3) is 0 Å². The van der Waals surface area contributed by atoms with Gasteiger partial charge in [-0.15, -0.1) is 0 Å². The van der Waals surface area contributed by atoms with Gasteiger partial charge in [0.1, 0.15) is 16.8 Å². The molecule has 0 bridgehead atoms. The van der Waals surface area contributed by atoms with Gasteiger partial charge in [0.2, 0.25) is 5.91 Å². The summed E-state index contributed by atoms with van der Waals surface area (Å²) in [6, 6.07) is 0. The first-order chi connectivity index (χ1) is 10.1. The minimum absolute atomic E-state index is 0.218. The fourth-order valence-electron chi connectivity index (χ4n) is 2.45. The van der Waals surface area contributed by atoms with Crippen molar-refractivity contribution in [2.24, 2.45) is 0 Å². The summed E-state index contributed by atoms with van der Waals surface area (Å²) in [7, 11) is 0. The number of anilines is 1. The molecule has 1 N–H and O–H groups in total. The van der Waals surface area contributed by atoms with Gasteiger partial charge in [-0.1, -0.05) is 18.5 Å². The van der Waals surface area contributed by atoms with Crippen LogP contribution in [-0.2, 0) is 11.2 Å². The van der Waals surface area contributed by atoms with E-state index >= 15 is 0 Å². The van der Waals surface area contributed by atoms with Crippen LogP contribution in [-0.4, -0.2) is 40.4 Å². The average molecular weight is 311 g/mol. The van der Waals surface area contributed by atoms with Crippen molar-refractivity contribution < 1.29 is 4.79 Å². The Balaban J connectivity index is 1.88. The van der Waals surface area contributed by atoms with Crippen LogP contribution < -0.4 is 5.32 Å². The van der Waals surface area contributed by atoms with Gasteiger partial charge in [-0.2, -0.15) is 0 Å². The van der Waals surface area contributed by atoms with Crippen LogP contribution in [0.2, 0.25) is 5.15 Å². The highest BCUT2D eigenvalue weighted by molar-refractivity contribution is 6.30. The zero-order valence-electron chi connectivity index (χ0n) is 12.8. The maximum absolute atomic E-state index is 12.1. The molecular weight excluding hydrogens is 288 g/mol. The molecule has 2 heterocycles. The number of nitrogens with zero attached hydrogens (tertiary/aromatic N) is 3. The Labute approximate surface area is 131 Å². The van der Waals surface area contributed by atoms with Gasteiger partial charge in [-0.05, 0) is 26.2 Å². The third-order valence-corrected chi connectivity index (χ3v) is 4.16. The normalized spacial score (nSPS) is 15.1. The summed E-state index contributed by atoms with van der Waals surface area (Å²) >= 11 is 6.09. The molecule has 1 amide bonds. The Morgan fingerprint density at radius 3 is 2.67 bits per heavy atom. The quantitative estimate of drug-likeness (QED) is 0.850. The van der Waals surface area contributed by atoms with E-state index in [0.717, 1.165) is 49.6 Å². The number of carbonyl (C=O) groups excluding carboxylic acids is 1. The van der Waals surface area contributed by atoms with Gasteiger partial charge in [0.25, 0.3) is 0 Å². The highest BCUT2D eigenvalue weighted by Gasteiger charge is 2.16. The maximum Gasteiger partial charge on any atom is 0.224 e. The van der Waals surface area contributed by atoms with Crippen LogP contribution in [0.4, 0.5) is 5.82 Å². The number of aromatic nitrogens is 2. The number of carbonyl (C=O) groups is 1. The fourth-order valence-corrected chi connectivity index (χ4v) is 2.64. The molecule has 1 aromatic heterocycles. The van der Waals surface area contributed by atoms with Crippen molar-refractivity contribution in [3.05, 3.63) is 16.5 Å². The minimum Gasteiger partial charge on any atom is -0.369 e. The molecule has 0 atom stereocenters. The predicted molar refractivity (Wildman–Crippen MR) is 84.7 cm³/mol. The second-order valence-corrected chi connectivity index (χ2v) is 5.73. The molecule has 6 heteroatoms. The molecule has 1 saturated heterocycles. The van der Waals surface area contributed by atoms with Crippen LogP contribution in [0.15, 0.2) is 0 Å². The summed E-state index contributed by atoms with van der Waals surface area (Å²) in [4.78, 5) is 22.7. The molecule has 1 aliphatic heterocycles. The molecule has 0 radical (unpaired) electrons. The van der Waals surface area contributed by atoms with Crippen LogP contribution in [0, 0.1) is 6.92 Å². The zero-order valence-corrected chi connectivity index (χ0v) is 13.5. The number of nitrogens with one attached hydrogen (secondary N) is 1. The van der Waals surface area contributed by atoms with E-state index in [1.807, 2.05) is 18.7 Å². The van der Waals surface area contributed by atoms with E-state index in [9.17, 15) is 4.79 Å². The number of hydrogen-bond donors (Lipinski definition) is 1. The van der Waals surface area contributed by atoms with Crippen molar-refractivity contribution in [1.29, 1.82) is 0 Å². The molecule has 0 aromatic carbocycles. The third kappa shape index (κ3) is 4.30. The Hall–Kier alpha value is -1.36. The van der Waals surface area contributed by atoms with E-state index in [1.165, 1.54) is 6.42 Å². The highest BCUT2D eigenvalue weighted by Crippen LogP contribution is 2.20. The summed E-state index contributed by atoms with van der Waals surface area (Å²) in [5.74, 6) is 1.67. The van der Waals surface area contributed by atoms with Gasteiger partial charge in [-0.25, -0.2) is 9.97 Å². The number of halogens is 1. The number of likely N-dealkylation sites (tertiary alicyclic amines) is 1. The molecule has 21 heavy (non-hydrogen) atoms. The minimum atomic E-state index is 0.218. The number of hydrogen-bond acceptors (Lipinski definition) is 4. The topological polar surface area (TPSA) is 58.1 Å². The molecule has 0 aliphatic carbocycles. The van der Waals surface area contributed by atoms with Crippen molar-refractivity contribution in [3.63, 3.8) is 0 Å². The second kappa shape index (κ2) is 7.59. The average Bonchev–Trinajstić information content (AvgIpc) is 2.51. The Morgan fingerprint density at radius 1 is 1.29 bits per heavy atom. The SMILES string of the molecule is CCc1nc(Cl)c(C)c(NCCC(=O)N2CCCCC2)n1. The fraction of sp³-hybridized carbons (Fsp3) is 0.667. The zero-order chi connectivity index (χ0) is 15.2. The molecule has 0 saturated carbocycles. The number of amides is 1. The van der Waals surface area contributed by atoms with E-state index in [-0.39, 0.29) is 5.91 Å². The summed E-state index contributed by atoms with van der Waals surface area (Å²) in [5, 5.41) is 3.69. The lowest BCUT2D eigenvalue weighted by Gasteiger charge is -2.26. The van der Waals surface area contributed by atoms with Gasteiger partial charge in [0, 0.05) is 38.0 Å². The second-order valence-electron chi connectivity index (χ2n) is 5.38. The number of aryl methyl sites for hydroxylation is 1. The van der Waals surface area contributed by atoms with Crippen LogP contribution >= 0.6 is 11.6 Å². The standard InChI is InChI=1S/C15H23ClN4O/c1-3-12-18-14(16)11(2)15(19-12)17-8-7-13(21)20-9-5-4-6-10-20/h3-10H2,1-2H3,(H,17,18,19). The Morgan fingerprint density at radius 2 is 2.00 bits per heavy atom. The molecule has 1 aliphatic rings. The summed E-state index contributed by atoms with van der Waals surface area (Å²) in [6.07, 6.45) is 4.71. The summed E-state index contributed by atoms with van der Waals surface area (Å²) in [5.41, 5.74) is 0.833. The molecule has 5 nitrogen and oxygen atoms in total. The maximum atomic E-state index is 12.1. The van der Waals surface area contributed by atoms with E-state index < -0.39 is 0 Å². The third-order valence-electron chi connectivity index (χ3n) is 3.79. The Kier molecular flexibility index (Phi) is 5.79. The van der Waals surface area contributed by atoms with Crippen LogP contribution in [0.3, 0.4) is 0 Å². The van der Waals surface area contributed by atoms with E-state index in [4.69, 9.17) is 11.6 Å². The highest BCUT2D eigenvalue weighted by atomic mass is 35.5. The van der Waals surface area contributed by atoms with Gasteiger partial charge < -0.3 is 10.2 Å². The van der Waals surface area contributed by atoms with Crippen molar-refractivity contribution in [1.82, 2.24) is 14.9 Å². The largest absolute Gasteiger partial charge is 0.369 e. The summed E-state index contributed by atoms with van der Waals surface area (Å²) in [6.45, 7) is 6.25. The molecule has 2 rings (SSSR count). The van der Waals surface area contributed by atoms with Crippen molar-refractivity contribution >= 4 is 23.3 Å².